The van der Waals surface area contributed by atoms with Crippen molar-refractivity contribution in [2.24, 2.45) is 0 Å². The lowest BCUT2D eigenvalue weighted by atomic mass is 10.0. The zero-order valence-corrected chi connectivity index (χ0v) is 13.4. The molecule has 0 atom stereocenters. The van der Waals surface area contributed by atoms with Crippen molar-refractivity contribution >= 4 is 5.97 Å². The molecule has 1 N–H and O–H groups in total. The topological polar surface area (TPSA) is 53.0 Å². The van der Waals surface area contributed by atoms with E-state index in [2.05, 4.69) is 16.8 Å². The number of nitrogens with zero attached hydrogens (tertiary/aromatic N) is 2. The third-order valence-electron chi connectivity index (χ3n) is 3.62. The van der Waals surface area contributed by atoms with Crippen LogP contribution in [0.2, 0.25) is 0 Å². The number of hydrogen-bond acceptors (Lipinski definition) is 5. The fraction of sp³-hybridized carbons (Fsp3) is 0.933. The molecule has 0 aromatic carbocycles. The minimum absolute atomic E-state index is 0.135. The van der Waals surface area contributed by atoms with Crippen molar-refractivity contribution in [3.63, 3.8) is 0 Å². The minimum Gasteiger partial charge on any atom is -0.459 e. The van der Waals surface area contributed by atoms with Gasteiger partial charge in [-0.05, 0) is 47.1 Å². The number of esters is 1. The van der Waals surface area contributed by atoms with Crippen molar-refractivity contribution in [3.8, 4) is 0 Å². The second-order valence-corrected chi connectivity index (χ2v) is 6.65. The van der Waals surface area contributed by atoms with Gasteiger partial charge in [0.05, 0.1) is 6.54 Å². The molecule has 1 heterocycles. The van der Waals surface area contributed by atoms with Gasteiger partial charge < -0.3 is 14.7 Å². The Morgan fingerprint density at radius 2 is 1.95 bits per heavy atom. The van der Waals surface area contributed by atoms with Crippen molar-refractivity contribution in [3.05, 3.63) is 0 Å². The number of carbonyl (C=O) groups excluding carboxylic acids is 1. The van der Waals surface area contributed by atoms with Crippen molar-refractivity contribution < 1.29 is 14.6 Å². The van der Waals surface area contributed by atoms with E-state index in [-0.39, 0.29) is 12.6 Å². The number of rotatable bonds is 6. The predicted octanol–water partition coefficient (Wildman–Crippen LogP) is 1.11. The maximum absolute atomic E-state index is 11.8. The molecule has 0 bridgehead atoms. The standard InChI is InChI=1S/C15H30N2O3/c1-15(2,3)20-14(19)12-17-9-6-13(7-10-17)16(4)8-5-11-18/h13,18H,5-12H2,1-4H3. The van der Waals surface area contributed by atoms with Crippen molar-refractivity contribution in [2.75, 3.05) is 39.8 Å². The van der Waals surface area contributed by atoms with E-state index < -0.39 is 5.60 Å². The van der Waals surface area contributed by atoms with Crippen LogP contribution < -0.4 is 0 Å². The van der Waals surface area contributed by atoms with Crippen LogP contribution in [-0.2, 0) is 9.53 Å². The van der Waals surface area contributed by atoms with Crippen molar-refractivity contribution in [2.45, 2.75) is 51.7 Å². The summed E-state index contributed by atoms with van der Waals surface area (Å²) in [7, 11) is 2.11. The zero-order chi connectivity index (χ0) is 15.2. The lowest BCUT2D eigenvalue weighted by Crippen LogP contribution is -2.45. The average Bonchev–Trinajstić information content (AvgIpc) is 2.34. The quantitative estimate of drug-likeness (QED) is 0.741. The van der Waals surface area contributed by atoms with Gasteiger partial charge in [-0.15, -0.1) is 0 Å². The van der Waals surface area contributed by atoms with E-state index in [0.29, 0.717) is 12.6 Å². The van der Waals surface area contributed by atoms with E-state index in [4.69, 9.17) is 9.84 Å². The van der Waals surface area contributed by atoms with Gasteiger partial charge >= 0.3 is 5.97 Å². The van der Waals surface area contributed by atoms with Gasteiger partial charge in [-0.1, -0.05) is 0 Å². The molecule has 1 rings (SSSR count). The molecule has 1 fully saturated rings. The molecule has 0 unspecified atom stereocenters. The molecule has 0 amide bonds. The van der Waals surface area contributed by atoms with Gasteiger partial charge in [-0.25, -0.2) is 0 Å². The first-order chi connectivity index (χ1) is 9.31. The Morgan fingerprint density at radius 3 is 2.45 bits per heavy atom. The molecule has 0 aliphatic carbocycles. The summed E-state index contributed by atoms with van der Waals surface area (Å²) in [4.78, 5) is 16.3. The molecular formula is C15H30N2O3. The Hall–Kier alpha value is -0.650. The Labute approximate surface area is 122 Å². The molecule has 0 saturated carbocycles. The summed E-state index contributed by atoms with van der Waals surface area (Å²) in [5.41, 5.74) is -0.403. The van der Waals surface area contributed by atoms with E-state index >= 15 is 0 Å². The number of piperidine rings is 1. The van der Waals surface area contributed by atoms with Gasteiger partial charge in [-0.2, -0.15) is 0 Å². The van der Waals surface area contributed by atoms with E-state index in [9.17, 15) is 4.79 Å². The first-order valence-electron chi connectivity index (χ1n) is 7.57. The Morgan fingerprint density at radius 1 is 1.35 bits per heavy atom. The summed E-state index contributed by atoms with van der Waals surface area (Å²) in [5.74, 6) is -0.135. The summed E-state index contributed by atoms with van der Waals surface area (Å²) in [6, 6.07) is 0.566. The Balaban J connectivity index is 2.26. The number of aliphatic hydroxyl groups excluding tert-OH is 1. The van der Waals surface area contributed by atoms with Gasteiger partial charge in [0, 0.05) is 32.3 Å². The Bertz CT molecular complexity index is 294. The van der Waals surface area contributed by atoms with Gasteiger partial charge in [-0.3, -0.25) is 9.69 Å². The van der Waals surface area contributed by atoms with Crippen LogP contribution in [0.4, 0.5) is 0 Å². The van der Waals surface area contributed by atoms with Gasteiger partial charge in [0.1, 0.15) is 5.60 Å². The Kier molecular flexibility index (Phi) is 6.92. The lowest BCUT2D eigenvalue weighted by Gasteiger charge is -2.36. The zero-order valence-electron chi connectivity index (χ0n) is 13.4. The van der Waals surface area contributed by atoms with Crippen LogP contribution in [0, 0.1) is 0 Å². The first kappa shape index (κ1) is 17.4. The van der Waals surface area contributed by atoms with Gasteiger partial charge in [0.25, 0.3) is 0 Å². The van der Waals surface area contributed by atoms with E-state index in [1.807, 2.05) is 20.8 Å². The fourth-order valence-electron chi connectivity index (χ4n) is 2.58. The average molecular weight is 286 g/mol. The number of aliphatic hydroxyl groups is 1. The summed E-state index contributed by atoms with van der Waals surface area (Å²) in [6.45, 7) is 9.15. The second-order valence-electron chi connectivity index (χ2n) is 6.65. The minimum atomic E-state index is -0.403. The molecular weight excluding hydrogens is 256 g/mol. The highest BCUT2D eigenvalue weighted by atomic mass is 16.6. The van der Waals surface area contributed by atoms with Crippen LogP contribution in [-0.4, -0.2) is 72.4 Å². The van der Waals surface area contributed by atoms with Crippen LogP contribution in [0.25, 0.3) is 0 Å². The molecule has 0 aromatic rings. The molecule has 20 heavy (non-hydrogen) atoms. The predicted molar refractivity (Wildman–Crippen MR) is 79.6 cm³/mol. The molecule has 1 aliphatic heterocycles. The van der Waals surface area contributed by atoms with Crippen LogP contribution in [0.15, 0.2) is 0 Å². The first-order valence-corrected chi connectivity index (χ1v) is 7.57. The second kappa shape index (κ2) is 7.96. The number of carbonyl (C=O) groups is 1. The number of ether oxygens (including phenoxy) is 1. The van der Waals surface area contributed by atoms with Gasteiger partial charge in [0.15, 0.2) is 0 Å². The molecule has 1 saturated heterocycles. The SMILES string of the molecule is CN(CCCO)C1CCN(CC(=O)OC(C)(C)C)CC1. The highest BCUT2D eigenvalue weighted by Crippen LogP contribution is 2.16. The van der Waals surface area contributed by atoms with E-state index in [1.165, 1.54) is 0 Å². The summed E-state index contributed by atoms with van der Waals surface area (Å²) >= 11 is 0. The van der Waals surface area contributed by atoms with Crippen LogP contribution in [0.1, 0.15) is 40.0 Å². The maximum Gasteiger partial charge on any atom is 0.320 e. The molecule has 118 valence electrons. The lowest BCUT2D eigenvalue weighted by molar-refractivity contribution is -0.156. The smallest absolute Gasteiger partial charge is 0.320 e. The van der Waals surface area contributed by atoms with E-state index in [1.54, 1.807) is 0 Å². The summed E-state index contributed by atoms with van der Waals surface area (Å²) < 4.78 is 5.35. The molecule has 0 spiro atoms. The van der Waals surface area contributed by atoms with Crippen LogP contribution >= 0.6 is 0 Å². The van der Waals surface area contributed by atoms with Crippen molar-refractivity contribution in [1.29, 1.82) is 0 Å². The van der Waals surface area contributed by atoms with Crippen LogP contribution in [0.3, 0.4) is 0 Å². The molecule has 0 aromatic heterocycles. The summed E-state index contributed by atoms with van der Waals surface area (Å²) in [5, 5.41) is 8.86. The summed E-state index contributed by atoms with van der Waals surface area (Å²) in [6.07, 6.45) is 2.98. The highest BCUT2D eigenvalue weighted by molar-refractivity contribution is 5.72. The number of likely N-dealkylation sites (tertiary alicyclic amines) is 1. The molecule has 5 heteroatoms. The molecule has 5 nitrogen and oxygen atoms in total. The number of hydrogen-bond donors (Lipinski definition) is 1. The van der Waals surface area contributed by atoms with E-state index in [0.717, 1.165) is 38.9 Å². The van der Waals surface area contributed by atoms with Gasteiger partial charge in [0.2, 0.25) is 0 Å². The third kappa shape index (κ3) is 6.68. The van der Waals surface area contributed by atoms with Crippen LogP contribution in [0.5, 0.6) is 0 Å². The third-order valence-corrected chi connectivity index (χ3v) is 3.62. The maximum atomic E-state index is 11.8. The van der Waals surface area contributed by atoms with Crippen molar-refractivity contribution in [1.82, 2.24) is 9.80 Å². The highest BCUT2D eigenvalue weighted by Gasteiger charge is 2.25. The fourth-order valence-corrected chi connectivity index (χ4v) is 2.58. The molecule has 0 radical (unpaired) electrons. The monoisotopic (exact) mass is 286 g/mol. The molecule has 1 aliphatic rings. The normalized spacial score (nSPS) is 18.5. The largest absolute Gasteiger partial charge is 0.459 e.